The Morgan fingerprint density at radius 1 is 1.05 bits per heavy atom. The third kappa shape index (κ3) is 11.3. The highest BCUT2D eigenvalue weighted by molar-refractivity contribution is 6.02. The molecule has 0 N–H and O–H groups in total. The van der Waals surface area contributed by atoms with E-state index in [2.05, 4.69) is 25.3 Å². The number of hydrogen-bond donors (Lipinski definition) is 0. The summed E-state index contributed by atoms with van der Waals surface area (Å²) in [7, 11) is 0. The molecular weight excluding hydrogens is 268 g/mol. The Hall–Kier alpha value is -2.59. The zero-order valence-corrected chi connectivity index (χ0v) is 14.1. The van der Waals surface area contributed by atoms with Gasteiger partial charge in [-0.3, -0.25) is 4.79 Å². The summed E-state index contributed by atoms with van der Waals surface area (Å²) in [6.45, 7) is 15.2. The summed E-state index contributed by atoms with van der Waals surface area (Å²) in [6, 6.07) is 11.0. The molecule has 0 radical (unpaired) electrons. The second kappa shape index (κ2) is 16.5. The van der Waals surface area contributed by atoms with Gasteiger partial charge in [-0.25, -0.2) is 0 Å². The predicted octanol–water partition coefficient (Wildman–Crippen LogP) is 5.78. The largest absolute Gasteiger partial charge is 0.290 e. The first-order valence-corrected chi connectivity index (χ1v) is 7.49. The molecule has 0 bridgehead atoms. The highest BCUT2D eigenvalue weighted by Crippen LogP contribution is 2.01. The standard InChI is InChI=1S/C17H14O.2C2H6/c1-3-8-15(4-2)11-13-17(18)14-12-16-9-6-5-7-10-16;2*1-2/h3-4,6,8-14H,1-2H2;2*1-2H3/b13-11+,14-12+,15-8+;;. The van der Waals surface area contributed by atoms with Gasteiger partial charge in [0, 0.05) is 0 Å². The minimum absolute atomic E-state index is 0.0837. The fourth-order valence-corrected chi connectivity index (χ4v) is 1.20. The summed E-state index contributed by atoms with van der Waals surface area (Å²) in [5.41, 5.74) is 1.76. The number of carbonyl (C=O) groups is 1. The molecular formula is C21H26O. The van der Waals surface area contributed by atoms with Crippen LogP contribution in [0.4, 0.5) is 0 Å². The van der Waals surface area contributed by atoms with E-state index in [4.69, 9.17) is 0 Å². The molecule has 0 fully saturated rings. The summed E-state index contributed by atoms with van der Waals surface area (Å²) < 4.78 is 0. The lowest BCUT2D eigenvalue weighted by atomic mass is 10.2. The average Bonchev–Trinajstić information content (AvgIpc) is 2.61. The second-order valence-electron chi connectivity index (χ2n) is 3.44. The molecule has 1 aromatic rings. The zero-order valence-electron chi connectivity index (χ0n) is 14.1. The molecule has 0 unspecified atom stereocenters. The first-order chi connectivity index (χ1) is 10.8. The molecule has 0 spiro atoms. The van der Waals surface area contributed by atoms with Crippen LogP contribution in [-0.4, -0.2) is 5.78 Å². The minimum atomic E-state index is -0.0837. The molecule has 22 heavy (non-hydrogen) atoms. The fraction of sp³-hybridized carbons (Fsp3) is 0.190. The molecule has 0 amide bonds. The molecule has 0 aliphatic heterocycles. The van der Waals surface area contributed by atoms with Gasteiger partial charge in [-0.1, -0.05) is 83.4 Å². The van der Waals surface area contributed by atoms with E-state index in [1.54, 1.807) is 42.5 Å². The lowest BCUT2D eigenvalue weighted by Crippen LogP contribution is -1.85. The molecule has 116 valence electrons. The van der Waals surface area contributed by atoms with E-state index in [1.807, 2.05) is 33.8 Å². The van der Waals surface area contributed by atoms with Gasteiger partial charge >= 0.3 is 0 Å². The molecule has 0 saturated heterocycles. The van der Waals surface area contributed by atoms with Crippen LogP contribution in [0, 0.1) is 12.1 Å². The first-order valence-electron chi connectivity index (χ1n) is 7.49. The Morgan fingerprint density at radius 3 is 2.23 bits per heavy atom. The molecule has 1 rings (SSSR count). The van der Waals surface area contributed by atoms with Crippen molar-refractivity contribution in [2.24, 2.45) is 0 Å². The minimum Gasteiger partial charge on any atom is -0.290 e. The third-order valence-electron chi connectivity index (χ3n) is 2.11. The number of hydrogen-bond acceptors (Lipinski definition) is 1. The van der Waals surface area contributed by atoms with Gasteiger partial charge in [0.05, 0.1) is 0 Å². The van der Waals surface area contributed by atoms with Crippen molar-refractivity contribution in [3.05, 3.63) is 91.1 Å². The van der Waals surface area contributed by atoms with E-state index < -0.39 is 0 Å². The highest BCUT2D eigenvalue weighted by atomic mass is 16.1. The van der Waals surface area contributed by atoms with Crippen molar-refractivity contribution >= 4 is 11.9 Å². The Labute approximate surface area is 136 Å². The molecule has 1 nitrogen and oxygen atoms in total. The number of carbonyl (C=O) groups excluding carboxylic acids is 1. The van der Waals surface area contributed by atoms with Crippen molar-refractivity contribution in [1.82, 2.24) is 0 Å². The zero-order chi connectivity index (χ0) is 17.2. The van der Waals surface area contributed by atoms with Gasteiger partial charge in [0.1, 0.15) is 0 Å². The van der Waals surface area contributed by atoms with E-state index in [1.165, 1.54) is 12.2 Å². The van der Waals surface area contributed by atoms with Crippen LogP contribution in [0.1, 0.15) is 33.3 Å². The van der Waals surface area contributed by atoms with Gasteiger partial charge in [0.25, 0.3) is 0 Å². The number of allylic oxidation sites excluding steroid dienone is 7. The van der Waals surface area contributed by atoms with Gasteiger partial charge in [0.2, 0.25) is 0 Å². The van der Waals surface area contributed by atoms with Crippen LogP contribution in [0.3, 0.4) is 0 Å². The fourth-order valence-electron chi connectivity index (χ4n) is 1.20. The van der Waals surface area contributed by atoms with Crippen LogP contribution in [0.15, 0.2) is 73.4 Å². The van der Waals surface area contributed by atoms with Crippen LogP contribution < -0.4 is 0 Å². The van der Waals surface area contributed by atoms with Gasteiger partial charge < -0.3 is 0 Å². The van der Waals surface area contributed by atoms with Crippen molar-refractivity contribution in [2.75, 3.05) is 0 Å². The molecule has 0 saturated carbocycles. The van der Waals surface area contributed by atoms with E-state index in [0.717, 1.165) is 11.1 Å². The van der Waals surface area contributed by atoms with Crippen LogP contribution >= 0.6 is 0 Å². The smallest absolute Gasteiger partial charge is 0.178 e. The maximum absolute atomic E-state index is 11.6. The molecule has 0 aliphatic rings. The van der Waals surface area contributed by atoms with Crippen molar-refractivity contribution in [1.29, 1.82) is 0 Å². The first kappa shape index (κ1) is 21.7. The molecule has 1 aromatic carbocycles. The van der Waals surface area contributed by atoms with Gasteiger partial charge in [-0.05, 0) is 41.5 Å². The van der Waals surface area contributed by atoms with Crippen molar-refractivity contribution < 1.29 is 4.79 Å². The maximum Gasteiger partial charge on any atom is 0.178 e. The van der Waals surface area contributed by atoms with E-state index in [-0.39, 0.29) is 5.78 Å². The van der Waals surface area contributed by atoms with E-state index in [9.17, 15) is 4.79 Å². The molecule has 0 aromatic heterocycles. The van der Waals surface area contributed by atoms with Crippen LogP contribution in [0.5, 0.6) is 0 Å². The summed E-state index contributed by atoms with van der Waals surface area (Å²) in [6.07, 6.45) is 11.5. The Kier molecular flexibility index (Phi) is 16.2. The Morgan fingerprint density at radius 2 is 1.73 bits per heavy atom. The summed E-state index contributed by atoms with van der Waals surface area (Å²) in [5.74, 6) is -0.0837. The number of ketones is 1. The third-order valence-corrected chi connectivity index (χ3v) is 2.11. The SMILES string of the molecule is C=C/C=C(C=C)/C=C/C(=O)/C=C/c1cc#ccc1.CC.CC. The molecule has 0 heterocycles. The predicted molar refractivity (Wildman–Crippen MR) is 98.5 cm³/mol. The topological polar surface area (TPSA) is 17.1 Å². The van der Waals surface area contributed by atoms with Gasteiger partial charge in [0.15, 0.2) is 5.78 Å². The van der Waals surface area contributed by atoms with Crippen LogP contribution in [-0.2, 0) is 4.79 Å². The average molecular weight is 294 g/mol. The van der Waals surface area contributed by atoms with Crippen molar-refractivity contribution in [2.45, 2.75) is 27.7 Å². The normalized spacial score (nSPS) is 9.91. The second-order valence-corrected chi connectivity index (χ2v) is 3.44. The van der Waals surface area contributed by atoms with Crippen molar-refractivity contribution in [3.8, 4) is 0 Å². The lowest BCUT2D eigenvalue weighted by Gasteiger charge is -1.90. The van der Waals surface area contributed by atoms with Crippen molar-refractivity contribution in [3.63, 3.8) is 0 Å². The highest BCUT2D eigenvalue weighted by Gasteiger charge is 1.90. The Balaban J connectivity index is 0. The molecule has 0 atom stereocenters. The number of rotatable bonds is 6. The molecule has 1 heteroatoms. The van der Waals surface area contributed by atoms with E-state index >= 15 is 0 Å². The lowest BCUT2D eigenvalue weighted by molar-refractivity contribution is -0.110. The summed E-state index contributed by atoms with van der Waals surface area (Å²) in [5, 5.41) is 0. The maximum atomic E-state index is 11.6. The molecule has 0 aliphatic carbocycles. The van der Waals surface area contributed by atoms with Gasteiger partial charge in [-0.2, -0.15) is 0 Å². The van der Waals surface area contributed by atoms with Crippen LogP contribution in [0.2, 0.25) is 0 Å². The van der Waals surface area contributed by atoms with E-state index in [0.29, 0.717) is 0 Å². The van der Waals surface area contributed by atoms with Gasteiger partial charge in [-0.15, -0.1) is 0 Å². The summed E-state index contributed by atoms with van der Waals surface area (Å²) in [4.78, 5) is 11.6. The summed E-state index contributed by atoms with van der Waals surface area (Å²) >= 11 is 0. The Bertz CT molecular complexity index is 502. The van der Waals surface area contributed by atoms with Crippen LogP contribution in [0.25, 0.3) is 6.08 Å². The monoisotopic (exact) mass is 294 g/mol. The quantitative estimate of drug-likeness (QED) is 0.480.